The van der Waals surface area contributed by atoms with Crippen LogP contribution in [0.4, 0.5) is 0 Å². The molecule has 136 valence electrons. The van der Waals surface area contributed by atoms with Crippen molar-refractivity contribution in [2.24, 2.45) is 0 Å². The van der Waals surface area contributed by atoms with Crippen LogP contribution in [0.3, 0.4) is 0 Å². The second-order valence-corrected chi connectivity index (χ2v) is 8.60. The van der Waals surface area contributed by atoms with E-state index in [2.05, 4.69) is 37.5 Å². The average Bonchev–Trinajstić information content (AvgIpc) is 3.11. The van der Waals surface area contributed by atoms with Crippen molar-refractivity contribution in [3.63, 3.8) is 0 Å². The van der Waals surface area contributed by atoms with E-state index in [1.54, 1.807) is 6.92 Å². The number of benzene rings is 1. The van der Waals surface area contributed by atoms with Crippen molar-refractivity contribution in [2.75, 3.05) is 0 Å². The number of amides is 1. The molecular formula is C18H19BrN4O2S. The fourth-order valence-corrected chi connectivity index (χ4v) is 4.04. The number of halogens is 1. The Morgan fingerprint density at radius 1 is 1.38 bits per heavy atom. The van der Waals surface area contributed by atoms with E-state index in [0.717, 1.165) is 29.3 Å². The first-order chi connectivity index (χ1) is 12.5. The summed E-state index contributed by atoms with van der Waals surface area (Å²) in [5.74, 6) is 0.225. The highest BCUT2D eigenvalue weighted by Gasteiger charge is 2.35. The first-order valence-corrected chi connectivity index (χ1v) is 10.2. The molecule has 6 nitrogen and oxygen atoms in total. The molecule has 1 aromatic carbocycles. The van der Waals surface area contributed by atoms with Crippen LogP contribution < -0.4 is 5.32 Å². The molecule has 2 aromatic rings. The van der Waals surface area contributed by atoms with E-state index in [1.807, 2.05) is 24.3 Å². The Hall–Kier alpha value is -1.85. The van der Waals surface area contributed by atoms with E-state index in [4.69, 9.17) is 4.42 Å². The predicted molar refractivity (Wildman–Crippen MR) is 102 cm³/mol. The van der Waals surface area contributed by atoms with Crippen molar-refractivity contribution < 1.29 is 9.21 Å². The van der Waals surface area contributed by atoms with Gasteiger partial charge in [-0.3, -0.25) is 4.79 Å². The second kappa shape index (κ2) is 8.23. The molecule has 0 spiro atoms. The van der Waals surface area contributed by atoms with Gasteiger partial charge in [-0.15, -0.1) is 10.2 Å². The average molecular weight is 435 g/mol. The number of hydrogen-bond acceptors (Lipinski definition) is 6. The molecule has 0 aliphatic heterocycles. The van der Waals surface area contributed by atoms with Gasteiger partial charge < -0.3 is 9.73 Å². The normalized spacial score (nSPS) is 17.3. The Kier molecular flexibility index (Phi) is 5.99. The fourth-order valence-electron chi connectivity index (χ4n) is 2.96. The molecule has 1 atom stereocenters. The van der Waals surface area contributed by atoms with E-state index >= 15 is 0 Å². The van der Waals surface area contributed by atoms with E-state index < -0.39 is 10.8 Å². The summed E-state index contributed by atoms with van der Waals surface area (Å²) in [4.78, 5) is 12.5. The van der Waals surface area contributed by atoms with Gasteiger partial charge in [0.05, 0.1) is 11.3 Å². The lowest BCUT2D eigenvalue weighted by molar-refractivity contribution is -0.122. The molecule has 1 unspecified atom stereocenters. The van der Waals surface area contributed by atoms with Crippen molar-refractivity contribution in [1.29, 1.82) is 5.26 Å². The highest BCUT2D eigenvalue weighted by atomic mass is 79.9. The fraction of sp³-hybridized carbons (Fsp3) is 0.444. The van der Waals surface area contributed by atoms with Gasteiger partial charge in [-0.1, -0.05) is 53.0 Å². The topological polar surface area (TPSA) is 91.8 Å². The summed E-state index contributed by atoms with van der Waals surface area (Å²) in [6.07, 6.45) is 4.47. The number of nitrogens with one attached hydrogen (secondary N) is 1. The third-order valence-electron chi connectivity index (χ3n) is 4.41. The minimum Gasteiger partial charge on any atom is -0.411 e. The van der Waals surface area contributed by atoms with E-state index in [9.17, 15) is 10.1 Å². The van der Waals surface area contributed by atoms with Crippen molar-refractivity contribution >= 4 is 33.6 Å². The molecule has 1 heterocycles. The van der Waals surface area contributed by atoms with Gasteiger partial charge in [-0.2, -0.15) is 5.26 Å². The number of aromatic nitrogens is 2. The van der Waals surface area contributed by atoms with Gasteiger partial charge in [0.25, 0.3) is 5.22 Å². The van der Waals surface area contributed by atoms with Gasteiger partial charge in [0, 0.05) is 10.0 Å². The van der Waals surface area contributed by atoms with Gasteiger partial charge in [-0.05, 0) is 38.0 Å². The lowest BCUT2D eigenvalue weighted by atomic mass is 9.83. The van der Waals surface area contributed by atoms with Crippen LogP contribution in [-0.2, 0) is 4.79 Å². The van der Waals surface area contributed by atoms with Crippen molar-refractivity contribution in [2.45, 2.75) is 55.0 Å². The molecule has 0 radical (unpaired) electrons. The first kappa shape index (κ1) is 18.9. The van der Waals surface area contributed by atoms with Crippen molar-refractivity contribution in [1.82, 2.24) is 15.5 Å². The molecule has 1 aromatic heterocycles. The Bertz CT molecular complexity index is 827. The summed E-state index contributed by atoms with van der Waals surface area (Å²) in [6, 6.07) is 9.87. The van der Waals surface area contributed by atoms with Crippen LogP contribution in [0.25, 0.3) is 11.5 Å². The number of thioether (sulfide) groups is 1. The molecule has 8 heteroatoms. The SMILES string of the molecule is CC(Sc1nnc(-c2cccc(Br)c2)o1)C(=O)NC1(C#N)CCCCC1. The molecule has 0 bridgehead atoms. The molecular weight excluding hydrogens is 416 g/mol. The van der Waals surface area contributed by atoms with Crippen molar-refractivity contribution in [3.05, 3.63) is 28.7 Å². The summed E-state index contributed by atoms with van der Waals surface area (Å²) in [7, 11) is 0. The zero-order valence-corrected chi connectivity index (χ0v) is 16.8. The summed E-state index contributed by atoms with van der Waals surface area (Å²) >= 11 is 4.61. The molecule has 1 aliphatic rings. The highest BCUT2D eigenvalue weighted by molar-refractivity contribution is 9.10. The lowest BCUT2D eigenvalue weighted by Crippen LogP contribution is -2.50. The Morgan fingerprint density at radius 3 is 2.85 bits per heavy atom. The number of rotatable bonds is 5. The third kappa shape index (κ3) is 4.46. The van der Waals surface area contributed by atoms with Crippen LogP contribution in [-0.4, -0.2) is 26.9 Å². The number of nitriles is 1. The van der Waals surface area contributed by atoms with E-state index in [1.165, 1.54) is 11.8 Å². The smallest absolute Gasteiger partial charge is 0.277 e. The Labute approximate surface area is 164 Å². The maximum Gasteiger partial charge on any atom is 0.277 e. The number of carbonyl (C=O) groups excluding carboxylic acids is 1. The Morgan fingerprint density at radius 2 is 2.15 bits per heavy atom. The second-order valence-electron chi connectivity index (χ2n) is 6.39. The van der Waals surface area contributed by atoms with Crippen LogP contribution in [0.15, 0.2) is 38.4 Å². The van der Waals surface area contributed by atoms with Crippen LogP contribution in [0.2, 0.25) is 0 Å². The molecule has 26 heavy (non-hydrogen) atoms. The predicted octanol–water partition coefficient (Wildman–Crippen LogP) is 4.32. The molecule has 3 rings (SSSR count). The highest BCUT2D eigenvalue weighted by Crippen LogP contribution is 2.30. The largest absolute Gasteiger partial charge is 0.411 e. The standard InChI is InChI=1S/C18H19BrN4O2S/c1-12(15(24)21-18(11-20)8-3-2-4-9-18)26-17-23-22-16(25-17)13-6-5-7-14(19)10-13/h5-7,10,12H,2-4,8-9H2,1H3,(H,21,24). The van der Waals surface area contributed by atoms with Crippen molar-refractivity contribution in [3.8, 4) is 17.5 Å². The van der Waals surface area contributed by atoms with Crippen LogP contribution in [0.1, 0.15) is 39.0 Å². The Balaban J connectivity index is 1.63. The molecule has 1 amide bonds. The zero-order valence-electron chi connectivity index (χ0n) is 14.4. The summed E-state index contributed by atoms with van der Waals surface area (Å²) in [5, 5.41) is 20.4. The minimum absolute atomic E-state index is 0.180. The maximum atomic E-state index is 12.5. The van der Waals surface area contributed by atoms with Gasteiger partial charge in [0.15, 0.2) is 0 Å². The third-order valence-corrected chi connectivity index (χ3v) is 5.84. The van der Waals surface area contributed by atoms with Gasteiger partial charge >= 0.3 is 0 Å². The molecule has 1 fully saturated rings. The molecule has 1 N–H and O–H groups in total. The summed E-state index contributed by atoms with van der Waals surface area (Å²) < 4.78 is 6.58. The van der Waals surface area contributed by atoms with Crippen LogP contribution in [0.5, 0.6) is 0 Å². The van der Waals surface area contributed by atoms with Crippen LogP contribution >= 0.6 is 27.7 Å². The minimum atomic E-state index is -0.736. The van der Waals surface area contributed by atoms with Gasteiger partial charge in [-0.25, -0.2) is 0 Å². The van der Waals surface area contributed by atoms with Crippen LogP contribution in [0, 0.1) is 11.3 Å². The molecule has 0 saturated heterocycles. The number of nitrogens with zero attached hydrogens (tertiary/aromatic N) is 3. The number of carbonyl (C=O) groups is 1. The van der Waals surface area contributed by atoms with Gasteiger partial charge in [0.1, 0.15) is 5.54 Å². The molecule has 1 saturated carbocycles. The van der Waals surface area contributed by atoms with E-state index in [0.29, 0.717) is 24.0 Å². The zero-order chi connectivity index (χ0) is 18.6. The molecule has 1 aliphatic carbocycles. The lowest BCUT2D eigenvalue weighted by Gasteiger charge is -2.32. The first-order valence-electron chi connectivity index (χ1n) is 8.51. The quantitative estimate of drug-likeness (QED) is 0.704. The summed E-state index contributed by atoms with van der Waals surface area (Å²) in [6.45, 7) is 1.77. The number of hydrogen-bond donors (Lipinski definition) is 1. The maximum absolute atomic E-state index is 12.5. The van der Waals surface area contributed by atoms with E-state index in [-0.39, 0.29) is 5.91 Å². The monoisotopic (exact) mass is 434 g/mol. The van der Waals surface area contributed by atoms with Gasteiger partial charge in [0.2, 0.25) is 11.8 Å². The summed E-state index contributed by atoms with van der Waals surface area (Å²) in [5.41, 5.74) is 0.0713.